The van der Waals surface area contributed by atoms with Crippen molar-refractivity contribution in [2.75, 3.05) is 7.11 Å². The molecule has 0 saturated heterocycles. The zero-order chi connectivity index (χ0) is 30.4. The zero-order valence-electron chi connectivity index (χ0n) is 25.1. The lowest BCUT2D eigenvalue weighted by Crippen LogP contribution is -2.47. The molecule has 44 heavy (non-hydrogen) atoms. The van der Waals surface area contributed by atoms with E-state index in [1.807, 2.05) is 78.9 Å². The second-order valence-electron chi connectivity index (χ2n) is 11.9. The summed E-state index contributed by atoms with van der Waals surface area (Å²) in [4.78, 5) is 12.3. The van der Waals surface area contributed by atoms with E-state index < -0.39 is 7.82 Å². The number of esters is 1. The van der Waals surface area contributed by atoms with E-state index in [0.29, 0.717) is 11.5 Å². The number of phosphoric acid groups is 1. The van der Waals surface area contributed by atoms with Gasteiger partial charge in [-0.15, -0.1) is 0 Å². The molecule has 2 aliphatic carbocycles. The van der Waals surface area contributed by atoms with Gasteiger partial charge in [0.1, 0.15) is 0 Å². The average molecular weight is 611 g/mol. The third kappa shape index (κ3) is 6.90. The lowest BCUT2D eigenvalue weighted by molar-refractivity contribution is 0.0147. The fraction of sp³-hybridized carbons (Fsp3) is 0.324. The molecular formula is C37H39O6P. The van der Waals surface area contributed by atoms with Gasteiger partial charge in [0.25, 0.3) is 0 Å². The standard InChI is InChI=1S/C37H39O6P/c1-40-36(38)32-18-20-35-31(23-32)17-19-33-24-34(21-22-37(33,35)25-28-11-5-2-6-12-28)43-44(39,41-26-29-13-7-3-8-14-29)42-27-30-15-9-4-10-16-30/h2-16,18,20,23,33-34H,17,19,21-22,24-27H2,1H3/t33?,34-,37+/m1/s1. The number of carbonyl (C=O) groups is 1. The van der Waals surface area contributed by atoms with Crippen LogP contribution in [0.1, 0.15) is 63.9 Å². The van der Waals surface area contributed by atoms with Crippen molar-refractivity contribution in [3.8, 4) is 0 Å². The van der Waals surface area contributed by atoms with Gasteiger partial charge in [-0.25, -0.2) is 9.36 Å². The van der Waals surface area contributed by atoms with Crippen LogP contribution in [-0.4, -0.2) is 19.2 Å². The van der Waals surface area contributed by atoms with Gasteiger partial charge in [-0.1, -0.05) is 97.1 Å². The summed E-state index contributed by atoms with van der Waals surface area (Å²) < 4.78 is 37.5. The van der Waals surface area contributed by atoms with E-state index in [2.05, 4.69) is 30.3 Å². The van der Waals surface area contributed by atoms with Crippen LogP contribution in [0.2, 0.25) is 0 Å². The lowest BCUT2D eigenvalue weighted by Gasteiger charge is -2.51. The lowest BCUT2D eigenvalue weighted by atomic mass is 9.54. The molecule has 4 aromatic carbocycles. The molecule has 0 heterocycles. The molecule has 0 spiro atoms. The SMILES string of the molecule is COC(=O)c1ccc2c(c1)CCC1C[C@H](OP(=O)(OCc3ccccc3)OCc3ccccc3)CC[C@@]21Cc1ccccc1. The first kappa shape index (κ1) is 30.5. The Morgan fingerprint density at radius 3 is 1.98 bits per heavy atom. The van der Waals surface area contributed by atoms with Gasteiger partial charge in [0.2, 0.25) is 0 Å². The van der Waals surface area contributed by atoms with Crippen LogP contribution in [0.5, 0.6) is 0 Å². The van der Waals surface area contributed by atoms with E-state index >= 15 is 0 Å². The summed E-state index contributed by atoms with van der Waals surface area (Å²) in [6, 6.07) is 36.0. The summed E-state index contributed by atoms with van der Waals surface area (Å²) in [6.07, 6.45) is 4.76. The minimum atomic E-state index is -3.89. The van der Waals surface area contributed by atoms with Crippen molar-refractivity contribution in [3.63, 3.8) is 0 Å². The highest BCUT2D eigenvalue weighted by molar-refractivity contribution is 7.48. The van der Waals surface area contributed by atoms with Gasteiger partial charge in [-0.2, -0.15) is 0 Å². The van der Waals surface area contributed by atoms with E-state index in [0.717, 1.165) is 49.7 Å². The molecule has 3 atom stereocenters. The third-order valence-electron chi connectivity index (χ3n) is 9.17. The number of fused-ring (bicyclic) bond motifs is 3. The summed E-state index contributed by atoms with van der Waals surface area (Å²) >= 11 is 0. The average Bonchev–Trinajstić information content (AvgIpc) is 3.07. The van der Waals surface area contributed by atoms with E-state index in [1.54, 1.807) is 0 Å². The molecule has 1 saturated carbocycles. The Bertz CT molecular complexity index is 1550. The van der Waals surface area contributed by atoms with Crippen molar-refractivity contribution >= 4 is 13.8 Å². The number of phosphoric ester groups is 1. The Labute approximate surface area is 260 Å². The van der Waals surface area contributed by atoms with Gasteiger partial charge in [-0.3, -0.25) is 13.6 Å². The Hall–Kier alpha value is -3.54. The summed E-state index contributed by atoms with van der Waals surface area (Å²) in [6.45, 7) is 0.272. The molecule has 6 nitrogen and oxygen atoms in total. The Morgan fingerprint density at radius 1 is 0.795 bits per heavy atom. The second-order valence-corrected chi connectivity index (χ2v) is 13.5. The summed E-state index contributed by atoms with van der Waals surface area (Å²) in [5.41, 5.74) is 6.06. The van der Waals surface area contributed by atoms with E-state index in [1.165, 1.54) is 23.8 Å². The molecule has 1 unspecified atom stereocenters. The van der Waals surface area contributed by atoms with E-state index in [-0.39, 0.29) is 30.7 Å². The maximum atomic E-state index is 14.2. The van der Waals surface area contributed by atoms with Crippen molar-refractivity contribution in [2.24, 2.45) is 5.92 Å². The van der Waals surface area contributed by atoms with Crippen LogP contribution in [-0.2, 0) is 54.3 Å². The molecule has 7 heteroatoms. The van der Waals surface area contributed by atoms with Crippen LogP contribution in [0.3, 0.4) is 0 Å². The minimum Gasteiger partial charge on any atom is -0.465 e. The number of methoxy groups -OCH3 is 1. The van der Waals surface area contributed by atoms with Gasteiger partial charge in [0.15, 0.2) is 0 Å². The number of ether oxygens (including phenoxy) is 1. The number of rotatable bonds is 11. The predicted octanol–water partition coefficient (Wildman–Crippen LogP) is 8.63. The molecule has 6 rings (SSSR count). The molecule has 2 aliphatic rings. The highest BCUT2D eigenvalue weighted by atomic mass is 31.2. The molecule has 228 valence electrons. The number of carbonyl (C=O) groups excluding carboxylic acids is 1. The van der Waals surface area contributed by atoms with Crippen LogP contribution in [0, 0.1) is 5.92 Å². The smallest absolute Gasteiger partial charge is 0.465 e. The largest absolute Gasteiger partial charge is 0.475 e. The highest BCUT2D eigenvalue weighted by Crippen LogP contribution is 2.58. The first-order chi connectivity index (χ1) is 21.5. The quantitative estimate of drug-likeness (QED) is 0.125. The van der Waals surface area contributed by atoms with Gasteiger partial charge < -0.3 is 4.74 Å². The summed E-state index contributed by atoms with van der Waals surface area (Å²) in [7, 11) is -2.47. The summed E-state index contributed by atoms with van der Waals surface area (Å²) in [5, 5.41) is 0. The maximum Gasteiger partial charge on any atom is 0.475 e. The number of hydrogen-bond acceptors (Lipinski definition) is 6. The van der Waals surface area contributed by atoms with Crippen LogP contribution in [0.4, 0.5) is 0 Å². The number of benzene rings is 4. The van der Waals surface area contributed by atoms with Crippen LogP contribution in [0.25, 0.3) is 0 Å². The number of aryl methyl sites for hydroxylation is 1. The second kappa shape index (κ2) is 13.6. The van der Waals surface area contributed by atoms with Gasteiger partial charge >= 0.3 is 13.8 Å². The minimum absolute atomic E-state index is 0.122. The van der Waals surface area contributed by atoms with Gasteiger partial charge in [0.05, 0.1) is 32.0 Å². The topological polar surface area (TPSA) is 71.1 Å². The van der Waals surface area contributed by atoms with E-state index in [9.17, 15) is 9.36 Å². The maximum absolute atomic E-state index is 14.2. The monoisotopic (exact) mass is 610 g/mol. The molecule has 0 aromatic heterocycles. The van der Waals surface area contributed by atoms with Crippen molar-refractivity contribution in [3.05, 3.63) is 143 Å². The van der Waals surface area contributed by atoms with Crippen molar-refractivity contribution in [2.45, 2.75) is 63.3 Å². The van der Waals surface area contributed by atoms with Crippen molar-refractivity contribution < 1.29 is 27.7 Å². The molecule has 0 bridgehead atoms. The molecule has 0 radical (unpaired) electrons. The molecule has 1 fully saturated rings. The first-order valence-electron chi connectivity index (χ1n) is 15.4. The highest BCUT2D eigenvalue weighted by Gasteiger charge is 2.49. The molecule has 0 N–H and O–H groups in total. The third-order valence-corrected chi connectivity index (χ3v) is 10.6. The van der Waals surface area contributed by atoms with E-state index in [4.69, 9.17) is 18.3 Å². The molecular weight excluding hydrogens is 571 g/mol. The fourth-order valence-electron chi connectivity index (χ4n) is 7.01. The number of hydrogen-bond donors (Lipinski definition) is 0. The molecule has 0 aliphatic heterocycles. The van der Waals surface area contributed by atoms with Crippen LogP contribution in [0.15, 0.2) is 109 Å². The van der Waals surface area contributed by atoms with Crippen molar-refractivity contribution in [1.82, 2.24) is 0 Å². The predicted molar refractivity (Wildman–Crippen MR) is 170 cm³/mol. The Balaban J connectivity index is 1.25. The van der Waals surface area contributed by atoms with Crippen LogP contribution < -0.4 is 0 Å². The Morgan fingerprint density at radius 2 is 1.39 bits per heavy atom. The Kier molecular flexibility index (Phi) is 9.44. The zero-order valence-corrected chi connectivity index (χ0v) is 26.0. The van der Waals surface area contributed by atoms with Crippen LogP contribution >= 0.6 is 7.82 Å². The first-order valence-corrected chi connectivity index (χ1v) is 16.8. The van der Waals surface area contributed by atoms with Gasteiger partial charge in [0, 0.05) is 5.41 Å². The molecule has 4 aromatic rings. The van der Waals surface area contributed by atoms with Gasteiger partial charge in [-0.05, 0) is 84.4 Å². The fourth-order valence-corrected chi connectivity index (χ4v) is 8.38. The summed E-state index contributed by atoms with van der Waals surface area (Å²) in [5.74, 6) is -0.0134. The normalized spacial score (nSPS) is 21.2. The molecule has 0 amide bonds. The van der Waals surface area contributed by atoms with Crippen molar-refractivity contribution in [1.29, 1.82) is 0 Å².